The highest BCUT2D eigenvalue weighted by atomic mass is 16.5. The maximum Gasteiger partial charge on any atom is 0.0685 e. The van der Waals surface area contributed by atoms with Crippen molar-refractivity contribution in [3.05, 3.63) is 0 Å². The molecule has 1 saturated carbocycles. The molecule has 88 valence electrons. The number of rotatable bonds is 3. The van der Waals surface area contributed by atoms with Crippen LogP contribution in [0.25, 0.3) is 0 Å². The zero-order valence-corrected chi connectivity index (χ0v) is 10.2. The molecule has 1 saturated heterocycles. The van der Waals surface area contributed by atoms with Gasteiger partial charge in [-0.15, -0.1) is 0 Å². The Bertz CT molecular complexity index is 197. The lowest BCUT2D eigenvalue weighted by Crippen LogP contribution is -2.41. The van der Waals surface area contributed by atoms with Crippen molar-refractivity contribution < 1.29 is 4.74 Å². The molecule has 2 aliphatic rings. The van der Waals surface area contributed by atoms with Crippen LogP contribution in [0.15, 0.2) is 0 Å². The third-order valence-corrected chi connectivity index (χ3v) is 3.92. The van der Waals surface area contributed by atoms with Gasteiger partial charge in [0.1, 0.15) is 0 Å². The summed E-state index contributed by atoms with van der Waals surface area (Å²) in [4.78, 5) is 0. The van der Waals surface area contributed by atoms with Crippen LogP contribution >= 0.6 is 0 Å². The number of hydrogen-bond acceptors (Lipinski definition) is 2. The maximum atomic E-state index is 6.04. The van der Waals surface area contributed by atoms with Crippen molar-refractivity contribution in [3.8, 4) is 0 Å². The molecule has 1 atom stereocenters. The van der Waals surface area contributed by atoms with Crippen molar-refractivity contribution in [2.45, 2.75) is 64.0 Å². The van der Waals surface area contributed by atoms with Crippen LogP contribution in [0.5, 0.6) is 0 Å². The average Bonchev–Trinajstić information content (AvgIpc) is 2.63. The molecule has 1 N–H and O–H groups in total. The molecular weight excluding hydrogens is 186 g/mol. The van der Waals surface area contributed by atoms with Gasteiger partial charge in [-0.05, 0) is 38.1 Å². The summed E-state index contributed by atoms with van der Waals surface area (Å²) in [5.74, 6) is 0.847. The van der Waals surface area contributed by atoms with Crippen LogP contribution in [0.1, 0.15) is 52.4 Å². The molecule has 2 nitrogen and oxygen atoms in total. The SMILES string of the molecule is CC(C)NCC1CCOC2(CCCC2)C1. The van der Waals surface area contributed by atoms with E-state index in [-0.39, 0.29) is 0 Å². The van der Waals surface area contributed by atoms with E-state index in [1.54, 1.807) is 0 Å². The van der Waals surface area contributed by atoms with E-state index in [0.717, 1.165) is 12.5 Å². The first-order chi connectivity index (χ1) is 7.20. The minimum atomic E-state index is 0.293. The highest BCUT2D eigenvalue weighted by molar-refractivity contribution is 4.91. The van der Waals surface area contributed by atoms with Gasteiger partial charge in [0.25, 0.3) is 0 Å². The standard InChI is InChI=1S/C13H25NO/c1-11(2)14-10-12-5-8-15-13(9-12)6-3-4-7-13/h11-12,14H,3-10H2,1-2H3. The molecule has 0 aromatic carbocycles. The second kappa shape index (κ2) is 4.84. The van der Waals surface area contributed by atoms with Crippen molar-refractivity contribution in [1.29, 1.82) is 0 Å². The van der Waals surface area contributed by atoms with Gasteiger partial charge < -0.3 is 10.1 Å². The van der Waals surface area contributed by atoms with E-state index in [0.29, 0.717) is 11.6 Å². The topological polar surface area (TPSA) is 21.3 Å². The molecule has 0 radical (unpaired) electrons. The van der Waals surface area contributed by atoms with Crippen LogP contribution in [0.4, 0.5) is 0 Å². The van der Waals surface area contributed by atoms with Crippen LogP contribution < -0.4 is 5.32 Å². The minimum absolute atomic E-state index is 0.293. The first kappa shape index (κ1) is 11.4. The summed E-state index contributed by atoms with van der Waals surface area (Å²) in [6.45, 7) is 6.63. The van der Waals surface area contributed by atoms with Gasteiger partial charge in [0.15, 0.2) is 0 Å². The highest BCUT2D eigenvalue weighted by Crippen LogP contribution is 2.41. The van der Waals surface area contributed by atoms with Crippen molar-refractivity contribution >= 4 is 0 Å². The van der Waals surface area contributed by atoms with Crippen molar-refractivity contribution in [3.63, 3.8) is 0 Å². The maximum absolute atomic E-state index is 6.04. The Hall–Kier alpha value is -0.0800. The smallest absolute Gasteiger partial charge is 0.0685 e. The zero-order chi connectivity index (χ0) is 10.7. The molecule has 0 bridgehead atoms. The molecule has 1 aliphatic carbocycles. The van der Waals surface area contributed by atoms with E-state index in [1.807, 2.05) is 0 Å². The van der Waals surface area contributed by atoms with Gasteiger partial charge in [-0.25, -0.2) is 0 Å². The summed E-state index contributed by atoms with van der Waals surface area (Å²) in [5, 5.41) is 3.57. The predicted molar refractivity (Wildman–Crippen MR) is 63.0 cm³/mol. The first-order valence-corrected chi connectivity index (χ1v) is 6.58. The zero-order valence-electron chi connectivity index (χ0n) is 10.2. The fourth-order valence-corrected chi connectivity index (χ4v) is 3.07. The molecule has 0 aromatic heterocycles. The van der Waals surface area contributed by atoms with Crippen LogP contribution in [-0.2, 0) is 4.74 Å². The Morgan fingerprint density at radius 2 is 2.07 bits per heavy atom. The molecule has 2 rings (SSSR count). The van der Waals surface area contributed by atoms with Gasteiger partial charge in [0.05, 0.1) is 5.60 Å². The van der Waals surface area contributed by atoms with E-state index in [4.69, 9.17) is 4.74 Å². The number of ether oxygens (including phenoxy) is 1. The molecule has 2 fully saturated rings. The van der Waals surface area contributed by atoms with Crippen LogP contribution in [0, 0.1) is 5.92 Å². The Balaban J connectivity index is 1.81. The second-order valence-corrected chi connectivity index (χ2v) is 5.66. The van der Waals surface area contributed by atoms with Crippen LogP contribution in [0.3, 0.4) is 0 Å². The predicted octanol–water partition coefficient (Wildman–Crippen LogP) is 2.72. The monoisotopic (exact) mass is 211 g/mol. The summed E-state index contributed by atoms with van der Waals surface area (Å²) < 4.78 is 6.04. The quantitative estimate of drug-likeness (QED) is 0.775. The summed E-state index contributed by atoms with van der Waals surface area (Å²) >= 11 is 0. The molecule has 1 aliphatic heterocycles. The summed E-state index contributed by atoms with van der Waals surface area (Å²) in [7, 11) is 0. The number of nitrogens with one attached hydrogen (secondary N) is 1. The van der Waals surface area contributed by atoms with E-state index >= 15 is 0 Å². The Kier molecular flexibility index (Phi) is 3.68. The molecule has 0 amide bonds. The lowest BCUT2D eigenvalue weighted by atomic mass is 9.84. The van der Waals surface area contributed by atoms with Gasteiger partial charge in [-0.2, -0.15) is 0 Å². The average molecular weight is 211 g/mol. The molecule has 15 heavy (non-hydrogen) atoms. The molecular formula is C13H25NO. The second-order valence-electron chi connectivity index (χ2n) is 5.66. The first-order valence-electron chi connectivity index (χ1n) is 6.58. The van der Waals surface area contributed by atoms with Gasteiger partial charge in [0, 0.05) is 12.6 Å². The summed E-state index contributed by atoms with van der Waals surface area (Å²) in [6.07, 6.45) is 7.93. The van der Waals surface area contributed by atoms with E-state index < -0.39 is 0 Å². The lowest BCUT2D eigenvalue weighted by Gasteiger charge is -2.38. The van der Waals surface area contributed by atoms with Gasteiger partial charge in [-0.1, -0.05) is 26.7 Å². The molecule has 1 unspecified atom stereocenters. The fraction of sp³-hybridized carbons (Fsp3) is 1.00. The highest BCUT2D eigenvalue weighted by Gasteiger charge is 2.39. The van der Waals surface area contributed by atoms with Crippen molar-refractivity contribution in [2.24, 2.45) is 5.92 Å². The van der Waals surface area contributed by atoms with Crippen LogP contribution in [-0.4, -0.2) is 24.8 Å². The van der Waals surface area contributed by atoms with Gasteiger partial charge >= 0.3 is 0 Å². The molecule has 1 spiro atoms. The Morgan fingerprint density at radius 3 is 2.73 bits per heavy atom. The van der Waals surface area contributed by atoms with Gasteiger partial charge in [-0.3, -0.25) is 0 Å². The van der Waals surface area contributed by atoms with Gasteiger partial charge in [0.2, 0.25) is 0 Å². The summed E-state index contributed by atoms with van der Waals surface area (Å²) in [5.41, 5.74) is 0.293. The third-order valence-electron chi connectivity index (χ3n) is 3.92. The number of hydrogen-bond donors (Lipinski definition) is 1. The van der Waals surface area contributed by atoms with Crippen molar-refractivity contribution in [2.75, 3.05) is 13.2 Å². The minimum Gasteiger partial charge on any atom is -0.375 e. The Morgan fingerprint density at radius 1 is 1.33 bits per heavy atom. The van der Waals surface area contributed by atoms with Crippen molar-refractivity contribution in [1.82, 2.24) is 5.32 Å². The van der Waals surface area contributed by atoms with Crippen LogP contribution in [0.2, 0.25) is 0 Å². The van der Waals surface area contributed by atoms with E-state index in [9.17, 15) is 0 Å². The molecule has 2 heteroatoms. The lowest BCUT2D eigenvalue weighted by molar-refractivity contribution is -0.0922. The fourth-order valence-electron chi connectivity index (χ4n) is 3.07. The molecule has 0 aromatic rings. The normalized spacial score (nSPS) is 30.2. The molecule has 1 heterocycles. The largest absolute Gasteiger partial charge is 0.375 e. The van der Waals surface area contributed by atoms with E-state index in [2.05, 4.69) is 19.2 Å². The van der Waals surface area contributed by atoms with E-state index in [1.165, 1.54) is 45.1 Å². The Labute approximate surface area is 93.8 Å². The summed E-state index contributed by atoms with van der Waals surface area (Å²) in [6, 6.07) is 0.618. The third kappa shape index (κ3) is 2.94.